The molecule has 0 aliphatic heterocycles. The van der Waals surface area contributed by atoms with E-state index < -0.39 is 12.0 Å². The van der Waals surface area contributed by atoms with Crippen molar-refractivity contribution >= 4 is 17.5 Å². The van der Waals surface area contributed by atoms with Crippen LogP contribution in [0.5, 0.6) is 0 Å². The second kappa shape index (κ2) is 8.84. The SMILES string of the molecule is CCCC(=O)Nc1ccc(CNC(=O)C(O)c2ccccc2)cc1. The van der Waals surface area contributed by atoms with Gasteiger partial charge in [-0.05, 0) is 29.7 Å². The number of nitrogens with one attached hydrogen (secondary N) is 2. The van der Waals surface area contributed by atoms with Crippen LogP contribution in [0, 0.1) is 0 Å². The van der Waals surface area contributed by atoms with Gasteiger partial charge in [-0.2, -0.15) is 0 Å². The lowest BCUT2D eigenvalue weighted by atomic mass is 10.1. The summed E-state index contributed by atoms with van der Waals surface area (Å²) in [5.74, 6) is -0.453. The molecule has 0 radical (unpaired) electrons. The summed E-state index contributed by atoms with van der Waals surface area (Å²) in [6, 6.07) is 16.0. The number of aliphatic hydroxyl groups is 1. The minimum Gasteiger partial charge on any atom is -0.378 e. The normalized spacial score (nSPS) is 11.6. The number of anilines is 1. The van der Waals surface area contributed by atoms with Crippen LogP contribution < -0.4 is 10.6 Å². The molecule has 0 aromatic heterocycles. The van der Waals surface area contributed by atoms with E-state index in [9.17, 15) is 14.7 Å². The Hall–Kier alpha value is -2.66. The molecule has 3 N–H and O–H groups in total. The maximum absolute atomic E-state index is 12.0. The Kier molecular flexibility index (Phi) is 6.51. The number of hydrogen-bond donors (Lipinski definition) is 3. The Morgan fingerprint density at radius 1 is 1.04 bits per heavy atom. The summed E-state index contributed by atoms with van der Waals surface area (Å²) >= 11 is 0. The van der Waals surface area contributed by atoms with Gasteiger partial charge in [0.15, 0.2) is 6.10 Å². The van der Waals surface area contributed by atoms with Gasteiger partial charge in [0.1, 0.15) is 0 Å². The first-order valence-electron chi connectivity index (χ1n) is 7.99. The van der Waals surface area contributed by atoms with Crippen LogP contribution in [0.15, 0.2) is 54.6 Å². The van der Waals surface area contributed by atoms with Gasteiger partial charge in [0.05, 0.1) is 0 Å². The Balaban J connectivity index is 1.85. The summed E-state index contributed by atoms with van der Waals surface area (Å²) in [5, 5.41) is 15.5. The van der Waals surface area contributed by atoms with Crippen molar-refractivity contribution in [2.45, 2.75) is 32.4 Å². The molecule has 1 unspecified atom stereocenters. The molecule has 0 saturated carbocycles. The number of hydrogen-bond acceptors (Lipinski definition) is 3. The van der Waals surface area contributed by atoms with Crippen molar-refractivity contribution in [1.29, 1.82) is 0 Å². The first-order valence-corrected chi connectivity index (χ1v) is 7.99. The van der Waals surface area contributed by atoms with Crippen molar-refractivity contribution in [2.75, 3.05) is 5.32 Å². The molecule has 2 aromatic carbocycles. The number of amides is 2. The maximum Gasteiger partial charge on any atom is 0.253 e. The standard InChI is InChI=1S/C19H22N2O3/c1-2-6-17(22)21-16-11-9-14(10-12-16)13-20-19(24)18(23)15-7-4-3-5-8-15/h3-5,7-12,18,23H,2,6,13H2,1H3,(H,20,24)(H,21,22). The number of benzene rings is 2. The van der Waals surface area contributed by atoms with E-state index in [0.717, 1.165) is 17.7 Å². The fourth-order valence-corrected chi connectivity index (χ4v) is 2.23. The highest BCUT2D eigenvalue weighted by Crippen LogP contribution is 2.13. The predicted octanol–water partition coefficient (Wildman–Crippen LogP) is 2.78. The van der Waals surface area contributed by atoms with E-state index in [0.29, 0.717) is 18.5 Å². The zero-order valence-electron chi connectivity index (χ0n) is 13.7. The van der Waals surface area contributed by atoms with E-state index in [1.165, 1.54) is 0 Å². The molecule has 0 spiro atoms. The van der Waals surface area contributed by atoms with Crippen molar-refractivity contribution in [3.05, 3.63) is 65.7 Å². The third-order valence-corrected chi connectivity index (χ3v) is 3.55. The molecule has 24 heavy (non-hydrogen) atoms. The minimum absolute atomic E-state index is 0.00969. The maximum atomic E-state index is 12.0. The molecule has 5 nitrogen and oxygen atoms in total. The van der Waals surface area contributed by atoms with Crippen LogP contribution in [0.2, 0.25) is 0 Å². The van der Waals surface area contributed by atoms with Gasteiger partial charge >= 0.3 is 0 Å². The lowest BCUT2D eigenvalue weighted by molar-refractivity contribution is -0.129. The molecule has 0 heterocycles. The van der Waals surface area contributed by atoms with Gasteiger partial charge in [-0.1, -0.05) is 49.4 Å². The van der Waals surface area contributed by atoms with Crippen LogP contribution in [0.4, 0.5) is 5.69 Å². The fourth-order valence-electron chi connectivity index (χ4n) is 2.23. The average Bonchev–Trinajstić information content (AvgIpc) is 2.61. The molecule has 5 heteroatoms. The van der Waals surface area contributed by atoms with Crippen LogP contribution in [-0.2, 0) is 16.1 Å². The zero-order valence-corrected chi connectivity index (χ0v) is 13.7. The summed E-state index contributed by atoms with van der Waals surface area (Å²) < 4.78 is 0. The van der Waals surface area contributed by atoms with E-state index in [1.807, 2.05) is 25.1 Å². The Morgan fingerprint density at radius 3 is 2.33 bits per heavy atom. The molecular weight excluding hydrogens is 304 g/mol. The van der Waals surface area contributed by atoms with Crippen molar-refractivity contribution in [3.8, 4) is 0 Å². The van der Waals surface area contributed by atoms with Crippen LogP contribution >= 0.6 is 0 Å². The number of aliphatic hydroxyl groups excluding tert-OH is 1. The van der Waals surface area contributed by atoms with Crippen molar-refractivity contribution in [2.24, 2.45) is 0 Å². The van der Waals surface area contributed by atoms with Crippen molar-refractivity contribution in [1.82, 2.24) is 5.32 Å². The second-order valence-electron chi connectivity index (χ2n) is 5.53. The molecule has 0 aliphatic rings. The first kappa shape index (κ1) is 17.7. The molecular formula is C19H22N2O3. The van der Waals surface area contributed by atoms with Gasteiger partial charge < -0.3 is 15.7 Å². The number of rotatable bonds is 7. The zero-order chi connectivity index (χ0) is 17.4. The van der Waals surface area contributed by atoms with Crippen LogP contribution in [0.25, 0.3) is 0 Å². The topological polar surface area (TPSA) is 78.4 Å². The molecule has 2 aromatic rings. The highest BCUT2D eigenvalue weighted by molar-refractivity contribution is 5.90. The van der Waals surface area contributed by atoms with Crippen LogP contribution in [0.3, 0.4) is 0 Å². The van der Waals surface area contributed by atoms with Gasteiger partial charge in [0, 0.05) is 18.7 Å². The molecule has 0 aliphatic carbocycles. The largest absolute Gasteiger partial charge is 0.378 e. The summed E-state index contributed by atoms with van der Waals surface area (Å²) in [4.78, 5) is 23.5. The lowest BCUT2D eigenvalue weighted by Gasteiger charge is -2.12. The molecule has 126 valence electrons. The lowest BCUT2D eigenvalue weighted by Crippen LogP contribution is -2.28. The summed E-state index contributed by atoms with van der Waals surface area (Å²) in [7, 11) is 0. The molecule has 1 atom stereocenters. The average molecular weight is 326 g/mol. The third-order valence-electron chi connectivity index (χ3n) is 3.55. The van der Waals surface area contributed by atoms with E-state index in [2.05, 4.69) is 10.6 Å². The number of carbonyl (C=O) groups excluding carboxylic acids is 2. The summed E-state index contributed by atoms with van der Waals surface area (Å²) in [5.41, 5.74) is 2.17. The summed E-state index contributed by atoms with van der Waals surface area (Å²) in [6.45, 7) is 2.27. The van der Waals surface area contributed by atoms with E-state index in [4.69, 9.17) is 0 Å². The first-order chi connectivity index (χ1) is 11.6. The highest BCUT2D eigenvalue weighted by atomic mass is 16.3. The van der Waals surface area contributed by atoms with E-state index in [-0.39, 0.29) is 5.91 Å². The van der Waals surface area contributed by atoms with Gasteiger partial charge in [0.25, 0.3) is 5.91 Å². The smallest absolute Gasteiger partial charge is 0.253 e. The van der Waals surface area contributed by atoms with Crippen LogP contribution in [0.1, 0.15) is 37.0 Å². The monoisotopic (exact) mass is 326 g/mol. The Labute approximate surface area is 141 Å². The Bertz CT molecular complexity index is 669. The van der Waals surface area contributed by atoms with Crippen LogP contribution in [-0.4, -0.2) is 16.9 Å². The number of carbonyl (C=O) groups is 2. The second-order valence-corrected chi connectivity index (χ2v) is 5.53. The van der Waals surface area contributed by atoms with Crippen molar-refractivity contribution in [3.63, 3.8) is 0 Å². The summed E-state index contributed by atoms with van der Waals surface area (Å²) in [6.07, 6.45) is 0.119. The third kappa shape index (κ3) is 5.21. The molecule has 2 amide bonds. The Morgan fingerprint density at radius 2 is 1.71 bits per heavy atom. The molecule has 0 bridgehead atoms. The quantitative estimate of drug-likeness (QED) is 0.732. The molecule has 0 fully saturated rings. The molecule has 2 rings (SSSR count). The van der Waals surface area contributed by atoms with Gasteiger partial charge in [-0.25, -0.2) is 0 Å². The predicted molar refractivity (Wildman–Crippen MR) is 93.2 cm³/mol. The van der Waals surface area contributed by atoms with Gasteiger partial charge in [-0.3, -0.25) is 9.59 Å². The highest BCUT2D eigenvalue weighted by Gasteiger charge is 2.16. The van der Waals surface area contributed by atoms with Crippen molar-refractivity contribution < 1.29 is 14.7 Å². The fraction of sp³-hybridized carbons (Fsp3) is 0.263. The van der Waals surface area contributed by atoms with E-state index >= 15 is 0 Å². The van der Waals surface area contributed by atoms with Gasteiger partial charge in [0.2, 0.25) is 5.91 Å². The van der Waals surface area contributed by atoms with E-state index in [1.54, 1.807) is 36.4 Å². The van der Waals surface area contributed by atoms with Gasteiger partial charge in [-0.15, -0.1) is 0 Å². The molecule has 0 saturated heterocycles. The minimum atomic E-state index is -1.18.